The number of unbranched alkanes of at least 4 members (excludes halogenated alkanes) is 1. The molecule has 2 amide bonds. The quantitative estimate of drug-likeness (QED) is 0.0441. The molecule has 0 aliphatic carbocycles. The second kappa shape index (κ2) is 20.3. The van der Waals surface area contributed by atoms with Gasteiger partial charge in [0.25, 0.3) is 11.8 Å². The highest BCUT2D eigenvalue weighted by Gasteiger charge is 2.32. The number of hydrogen-bond donors (Lipinski definition) is 6. The first-order chi connectivity index (χ1) is 32.1. The summed E-state index contributed by atoms with van der Waals surface area (Å²) in [5.74, 6) is 5.62. The summed E-state index contributed by atoms with van der Waals surface area (Å²) < 4.78 is 44.4. The SMILES string of the molecule is O=C(NCCCCn1ccc2cc(C(=O)NCCc3ccc(N4C[C@H]5CC[C@@H](C4)N5)cc3)cnc21)c1ccc(NCC#Cc2cc3c(NC4CCNCC4)cccc3n2CC(F)(F)F)cc1. The maximum atomic E-state index is 13.7. The molecule has 6 aromatic rings. The number of anilines is 3. The number of benzene rings is 3. The molecule has 3 saturated heterocycles. The van der Waals surface area contributed by atoms with Crippen molar-refractivity contribution in [2.45, 2.75) is 82.3 Å². The van der Waals surface area contributed by atoms with Crippen molar-refractivity contribution < 1.29 is 22.8 Å². The van der Waals surface area contributed by atoms with Crippen LogP contribution in [0, 0.1) is 11.8 Å². The van der Waals surface area contributed by atoms with E-state index < -0.39 is 12.7 Å². The molecule has 66 heavy (non-hydrogen) atoms. The molecule has 0 saturated carbocycles. The highest BCUT2D eigenvalue weighted by molar-refractivity contribution is 5.97. The third kappa shape index (κ3) is 11.1. The Morgan fingerprint density at radius 1 is 0.833 bits per heavy atom. The Morgan fingerprint density at radius 3 is 2.36 bits per heavy atom. The molecule has 9 rings (SSSR count). The summed E-state index contributed by atoms with van der Waals surface area (Å²) in [6.45, 7) is 4.77. The van der Waals surface area contributed by atoms with E-state index in [1.807, 2.05) is 24.4 Å². The Labute approximate surface area is 383 Å². The number of aryl methyl sites for hydroxylation is 1. The summed E-state index contributed by atoms with van der Waals surface area (Å²) in [5.41, 5.74) is 6.65. The van der Waals surface area contributed by atoms with E-state index in [-0.39, 0.29) is 24.4 Å². The minimum Gasteiger partial charge on any atom is -0.382 e. The Balaban J connectivity index is 0.695. The molecule has 3 aliphatic rings. The van der Waals surface area contributed by atoms with Crippen molar-refractivity contribution in [3.05, 3.63) is 120 Å². The average molecular weight is 899 g/mol. The molecule has 12 nitrogen and oxygen atoms in total. The second-order valence-corrected chi connectivity index (χ2v) is 17.7. The molecule has 6 heterocycles. The molecule has 2 atom stereocenters. The van der Waals surface area contributed by atoms with Crippen LogP contribution in [0.25, 0.3) is 21.9 Å². The van der Waals surface area contributed by atoms with Crippen LogP contribution in [-0.4, -0.2) is 96.0 Å². The van der Waals surface area contributed by atoms with Crippen molar-refractivity contribution in [2.24, 2.45) is 0 Å². The molecule has 3 aromatic carbocycles. The number of rotatable bonds is 16. The fraction of sp³-hybridized carbons (Fsp3) is 0.392. The summed E-state index contributed by atoms with van der Waals surface area (Å²) in [5, 5.41) is 21.4. The summed E-state index contributed by atoms with van der Waals surface area (Å²) in [6.07, 6.45) is 5.95. The third-order valence-corrected chi connectivity index (χ3v) is 12.9. The Kier molecular flexibility index (Phi) is 13.8. The highest BCUT2D eigenvalue weighted by Crippen LogP contribution is 2.31. The summed E-state index contributed by atoms with van der Waals surface area (Å²) in [6, 6.07) is 28.2. The van der Waals surface area contributed by atoms with Gasteiger partial charge in [0.15, 0.2) is 0 Å². The van der Waals surface area contributed by atoms with Gasteiger partial charge in [-0.2, -0.15) is 13.2 Å². The van der Waals surface area contributed by atoms with Crippen molar-refractivity contribution in [3.63, 3.8) is 0 Å². The van der Waals surface area contributed by atoms with Crippen LogP contribution in [0.15, 0.2) is 97.3 Å². The number of carbonyl (C=O) groups excluding carboxylic acids is 2. The van der Waals surface area contributed by atoms with Crippen LogP contribution in [0.5, 0.6) is 0 Å². The molecule has 344 valence electrons. The number of halogens is 3. The number of pyridine rings is 1. The lowest BCUT2D eigenvalue weighted by Gasteiger charge is -2.34. The second-order valence-electron chi connectivity index (χ2n) is 17.7. The molecule has 3 fully saturated rings. The largest absolute Gasteiger partial charge is 0.406 e. The number of amides is 2. The number of nitrogens with one attached hydrogen (secondary N) is 6. The molecule has 2 bridgehead atoms. The van der Waals surface area contributed by atoms with Gasteiger partial charge in [-0.15, -0.1) is 0 Å². The van der Waals surface area contributed by atoms with Crippen LogP contribution < -0.4 is 36.8 Å². The lowest BCUT2D eigenvalue weighted by atomic mass is 10.1. The van der Waals surface area contributed by atoms with E-state index in [0.717, 1.165) is 92.6 Å². The smallest absolute Gasteiger partial charge is 0.382 e. The highest BCUT2D eigenvalue weighted by atomic mass is 19.4. The number of alkyl halides is 3. The zero-order chi connectivity index (χ0) is 45.5. The number of piperazine rings is 1. The predicted molar refractivity (Wildman–Crippen MR) is 255 cm³/mol. The molecule has 0 unspecified atom stereocenters. The van der Waals surface area contributed by atoms with Crippen LogP contribution >= 0.6 is 0 Å². The van der Waals surface area contributed by atoms with Gasteiger partial charge in [0.05, 0.1) is 23.3 Å². The van der Waals surface area contributed by atoms with E-state index in [9.17, 15) is 22.8 Å². The van der Waals surface area contributed by atoms with E-state index in [2.05, 4.69) is 82.5 Å². The molecular weight excluding hydrogens is 842 g/mol. The summed E-state index contributed by atoms with van der Waals surface area (Å²) in [4.78, 5) is 33.0. The topological polar surface area (TPSA) is 132 Å². The van der Waals surface area contributed by atoms with E-state index in [4.69, 9.17) is 0 Å². The zero-order valence-corrected chi connectivity index (χ0v) is 37.0. The number of nitrogens with zero attached hydrogens (tertiary/aromatic N) is 4. The van der Waals surface area contributed by atoms with Gasteiger partial charge >= 0.3 is 6.18 Å². The van der Waals surface area contributed by atoms with Gasteiger partial charge in [-0.25, -0.2) is 4.98 Å². The van der Waals surface area contributed by atoms with E-state index in [1.54, 1.807) is 48.7 Å². The number of fused-ring (bicyclic) bond motifs is 4. The summed E-state index contributed by atoms with van der Waals surface area (Å²) >= 11 is 0. The fourth-order valence-electron chi connectivity index (χ4n) is 9.47. The maximum absolute atomic E-state index is 13.7. The van der Waals surface area contributed by atoms with Crippen molar-refractivity contribution in [1.82, 2.24) is 35.4 Å². The van der Waals surface area contributed by atoms with Crippen LogP contribution in [0.4, 0.5) is 30.2 Å². The number of hydrogen-bond acceptors (Lipinski definition) is 8. The average Bonchev–Trinajstić information content (AvgIpc) is 4.01. The lowest BCUT2D eigenvalue weighted by molar-refractivity contribution is -0.140. The van der Waals surface area contributed by atoms with E-state index in [1.165, 1.54) is 28.7 Å². The van der Waals surface area contributed by atoms with Gasteiger partial charge in [0.2, 0.25) is 0 Å². The van der Waals surface area contributed by atoms with Gasteiger partial charge < -0.3 is 45.9 Å². The fourth-order valence-corrected chi connectivity index (χ4v) is 9.47. The van der Waals surface area contributed by atoms with Gasteiger partial charge in [-0.1, -0.05) is 24.1 Å². The lowest BCUT2D eigenvalue weighted by Crippen LogP contribution is -2.51. The number of piperidine rings is 1. The van der Waals surface area contributed by atoms with Crippen LogP contribution in [0.3, 0.4) is 0 Å². The van der Waals surface area contributed by atoms with Gasteiger partial charge in [-0.05, 0) is 136 Å². The zero-order valence-electron chi connectivity index (χ0n) is 37.0. The normalized spacial score (nSPS) is 17.4. The first-order valence-corrected chi connectivity index (χ1v) is 23.2. The summed E-state index contributed by atoms with van der Waals surface area (Å²) in [7, 11) is 0. The molecular formula is C51H57F3N10O2. The van der Waals surface area contributed by atoms with E-state index in [0.29, 0.717) is 47.5 Å². The van der Waals surface area contributed by atoms with Crippen LogP contribution in [0.1, 0.15) is 70.5 Å². The van der Waals surface area contributed by atoms with Gasteiger partial charge in [0.1, 0.15) is 12.2 Å². The number of aromatic nitrogens is 3. The Morgan fingerprint density at radius 2 is 1.59 bits per heavy atom. The molecule has 3 aliphatic heterocycles. The molecule has 6 N–H and O–H groups in total. The first-order valence-electron chi connectivity index (χ1n) is 23.2. The minimum atomic E-state index is -4.41. The van der Waals surface area contributed by atoms with Crippen molar-refractivity contribution >= 4 is 50.8 Å². The maximum Gasteiger partial charge on any atom is 0.406 e. The third-order valence-electron chi connectivity index (χ3n) is 12.9. The standard InChI is InChI=1S/C51H57F3N10O2/c52-51(53,54)34-64-44(30-45-46(6-3-7-47(45)64)61-40-19-24-55-25-20-40)5-4-23-56-39-12-10-36(11-13-39)49(65)57-22-1-2-27-62-28-21-37-29-38(31-59-48(37)62)50(66)58-26-18-35-8-16-43(17-9-35)63-32-41-14-15-42(33-63)60-41/h3,6-13,16-17,21,28-31,40-42,55-56,60-61H,1-2,14-15,18-20,22-27,32-34H2,(H,57,65)(H,58,66)/t41-,42+. The van der Waals surface area contributed by atoms with E-state index >= 15 is 0 Å². The van der Waals surface area contributed by atoms with Gasteiger partial charge in [-0.3, -0.25) is 9.59 Å². The number of carbonyl (C=O) groups is 2. The van der Waals surface area contributed by atoms with Crippen molar-refractivity contribution in [3.8, 4) is 11.8 Å². The monoisotopic (exact) mass is 898 g/mol. The predicted octanol–water partition coefficient (Wildman–Crippen LogP) is 7.30. The van der Waals surface area contributed by atoms with Crippen molar-refractivity contribution in [2.75, 3.05) is 61.3 Å². The first kappa shape index (κ1) is 44.7. The van der Waals surface area contributed by atoms with Crippen molar-refractivity contribution in [1.29, 1.82) is 0 Å². The Hall–Kier alpha value is -6.50. The van der Waals surface area contributed by atoms with Crippen LogP contribution in [-0.2, 0) is 19.5 Å². The van der Waals surface area contributed by atoms with Crippen LogP contribution in [0.2, 0.25) is 0 Å². The molecule has 0 spiro atoms. The molecule has 3 aromatic heterocycles. The molecule has 0 radical (unpaired) electrons. The van der Waals surface area contributed by atoms with Gasteiger partial charge in [0, 0.05) is 96.6 Å². The molecule has 15 heteroatoms. The minimum absolute atomic E-state index is 0.141. The Bertz CT molecular complexity index is 2680.